The Morgan fingerprint density at radius 1 is 1.64 bits per heavy atom. The molecule has 0 aromatic heterocycles. The summed E-state index contributed by atoms with van der Waals surface area (Å²) < 4.78 is 0. The van der Waals surface area contributed by atoms with Crippen molar-refractivity contribution in [1.29, 1.82) is 0 Å². The Bertz CT molecular complexity index is 285. The average Bonchev–Trinajstić information content (AvgIpc) is 2.59. The van der Waals surface area contributed by atoms with Gasteiger partial charge in [-0.3, -0.25) is 4.79 Å². The lowest BCUT2D eigenvalue weighted by molar-refractivity contribution is -0.123. The zero-order valence-electron chi connectivity index (χ0n) is 8.42. The fourth-order valence-electron chi connectivity index (χ4n) is 1.43. The van der Waals surface area contributed by atoms with E-state index in [9.17, 15) is 4.79 Å². The number of nitrogens with one attached hydrogen (secondary N) is 1. The van der Waals surface area contributed by atoms with Gasteiger partial charge in [0.15, 0.2) is 0 Å². The molecule has 0 heterocycles. The number of amides is 1. The van der Waals surface area contributed by atoms with Crippen LogP contribution in [0.2, 0.25) is 0 Å². The third kappa shape index (κ3) is 3.23. The molecule has 1 amide bonds. The van der Waals surface area contributed by atoms with Gasteiger partial charge in [0.2, 0.25) is 5.91 Å². The molecule has 76 valence electrons. The monoisotopic (exact) mass is 192 g/mol. The Morgan fingerprint density at radius 3 is 3.00 bits per heavy atom. The lowest BCUT2D eigenvalue weighted by Crippen LogP contribution is -2.31. The smallest absolute Gasteiger partial charge is 0.227 e. The Hall–Kier alpha value is -1.27. The van der Waals surface area contributed by atoms with Crippen LogP contribution in [0.1, 0.15) is 19.8 Å². The van der Waals surface area contributed by atoms with Crippen LogP contribution in [0.15, 0.2) is 12.2 Å². The minimum atomic E-state index is -0.0421. The number of nitrogens with two attached hydrogens (primary N) is 1. The maximum absolute atomic E-state index is 11.5. The molecule has 0 aromatic carbocycles. The Kier molecular flexibility index (Phi) is 4.21. The zero-order chi connectivity index (χ0) is 10.4. The first-order valence-electron chi connectivity index (χ1n) is 4.85. The summed E-state index contributed by atoms with van der Waals surface area (Å²) in [7, 11) is 0. The van der Waals surface area contributed by atoms with E-state index in [2.05, 4.69) is 17.2 Å². The summed E-state index contributed by atoms with van der Waals surface area (Å²) in [5, 5.41) is 2.83. The maximum atomic E-state index is 11.5. The van der Waals surface area contributed by atoms with Gasteiger partial charge in [-0.15, -0.1) is 11.8 Å². The van der Waals surface area contributed by atoms with Gasteiger partial charge >= 0.3 is 0 Å². The highest BCUT2D eigenvalue weighted by Crippen LogP contribution is 2.15. The van der Waals surface area contributed by atoms with Crippen molar-refractivity contribution in [1.82, 2.24) is 5.32 Å². The van der Waals surface area contributed by atoms with Crippen LogP contribution in [0.5, 0.6) is 0 Å². The van der Waals surface area contributed by atoms with E-state index in [1.807, 2.05) is 12.2 Å². The number of carbonyl (C=O) groups is 1. The molecular formula is C11H16N2O. The van der Waals surface area contributed by atoms with Crippen LogP contribution in [-0.4, -0.2) is 18.5 Å². The molecule has 0 bridgehead atoms. The van der Waals surface area contributed by atoms with Crippen molar-refractivity contribution in [3.8, 4) is 11.8 Å². The van der Waals surface area contributed by atoms with E-state index in [0.717, 1.165) is 6.42 Å². The molecule has 1 aliphatic rings. The van der Waals surface area contributed by atoms with Gasteiger partial charge in [-0.1, -0.05) is 12.2 Å². The Labute approximate surface area is 84.7 Å². The summed E-state index contributed by atoms with van der Waals surface area (Å²) in [6, 6.07) is 0.0428. The van der Waals surface area contributed by atoms with Crippen molar-refractivity contribution in [2.75, 3.05) is 6.54 Å². The molecule has 0 aromatic rings. The van der Waals surface area contributed by atoms with Crippen molar-refractivity contribution in [3.05, 3.63) is 12.2 Å². The van der Waals surface area contributed by atoms with Gasteiger partial charge in [0.25, 0.3) is 0 Å². The number of rotatable bonds is 3. The SMILES string of the molecule is CC#CCCNC(=O)C1C=CC(N)C1. The van der Waals surface area contributed by atoms with Crippen molar-refractivity contribution in [2.24, 2.45) is 11.7 Å². The molecule has 0 spiro atoms. The minimum Gasteiger partial charge on any atom is -0.355 e. The molecule has 1 aliphatic carbocycles. The molecule has 0 radical (unpaired) electrons. The summed E-state index contributed by atoms with van der Waals surface area (Å²) in [5.74, 6) is 5.70. The minimum absolute atomic E-state index is 0.0421. The van der Waals surface area contributed by atoms with Crippen LogP contribution in [0.3, 0.4) is 0 Å². The Balaban J connectivity index is 2.21. The molecular weight excluding hydrogens is 176 g/mol. The fourth-order valence-corrected chi connectivity index (χ4v) is 1.43. The predicted octanol–water partition coefficient (Wildman–Crippen LogP) is 0.419. The second-order valence-corrected chi connectivity index (χ2v) is 3.36. The summed E-state index contributed by atoms with van der Waals surface area (Å²) >= 11 is 0. The van der Waals surface area contributed by atoms with E-state index < -0.39 is 0 Å². The Morgan fingerprint density at radius 2 is 2.43 bits per heavy atom. The summed E-state index contributed by atoms with van der Waals surface area (Å²) in [6.45, 7) is 2.42. The van der Waals surface area contributed by atoms with E-state index in [1.165, 1.54) is 0 Å². The lowest BCUT2D eigenvalue weighted by Gasteiger charge is -2.08. The third-order valence-electron chi connectivity index (χ3n) is 2.18. The lowest BCUT2D eigenvalue weighted by atomic mass is 10.1. The van der Waals surface area contributed by atoms with Gasteiger partial charge in [-0.2, -0.15) is 0 Å². The standard InChI is InChI=1S/C11H16N2O/c1-2-3-4-7-13-11(14)9-5-6-10(12)8-9/h5-6,9-10H,4,7-8,12H2,1H3,(H,13,14). The first-order valence-corrected chi connectivity index (χ1v) is 4.85. The van der Waals surface area contributed by atoms with Crippen LogP contribution < -0.4 is 11.1 Å². The summed E-state index contributed by atoms with van der Waals surface area (Å²) in [5.41, 5.74) is 5.65. The van der Waals surface area contributed by atoms with E-state index >= 15 is 0 Å². The molecule has 0 aliphatic heterocycles. The van der Waals surface area contributed by atoms with E-state index in [-0.39, 0.29) is 17.9 Å². The van der Waals surface area contributed by atoms with Crippen molar-refractivity contribution in [3.63, 3.8) is 0 Å². The van der Waals surface area contributed by atoms with Crippen LogP contribution in [0, 0.1) is 17.8 Å². The third-order valence-corrected chi connectivity index (χ3v) is 2.18. The zero-order valence-corrected chi connectivity index (χ0v) is 8.42. The highest BCUT2D eigenvalue weighted by molar-refractivity contribution is 5.81. The van der Waals surface area contributed by atoms with Gasteiger partial charge in [0.05, 0.1) is 5.92 Å². The quantitative estimate of drug-likeness (QED) is 0.387. The molecule has 0 saturated carbocycles. The van der Waals surface area contributed by atoms with E-state index in [0.29, 0.717) is 13.0 Å². The second-order valence-electron chi connectivity index (χ2n) is 3.36. The first-order chi connectivity index (χ1) is 6.74. The summed E-state index contributed by atoms with van der Waals surface area (Å²) in [4.78, 5) is 11.5. The van der Waals surface area contributed by atoms with Gasteiger partial charge in [0.1, 0.15) is 0 Å². The van der Waals surface area contributed by atoms with Crippen molar-refractivity contribution < 1.29 is 4.79 Å². The highest BCUT2D eigenvalue weighted by atomic mass is 16.1. The number of hydrogen-bond acceptors (Lipinski definition) is 2. The van der Waals surface area contributed by atoms with Crippen molar-refractivity contribution >= 4 is 5.91 Å². The first kappa shape index (κ1) is 10.8. The van der Waals surface area contributed by atoms with Crippen LogP contribution in [0.4, 0.5) is 0 Å². The van der Waals surface area contributed by atoms with Crippen LogP contribution >= 0.6 is 0 Å². The molecule has 0 saturated heterocycles. The number of hydrogen-bond donors (Lipinski definition) is 2. The molecule has 14 heavy (non-hydrogen) atoms. The fraction of sp³-hybridized carbons (Fsp3) is 0.545. The van der Waals surface area contributed by atoms with Gasteiger partial charge in [-0.25, -0.2) is 0 Å². The normalized spacial score (nSPS) is 24.1. The molecule has 0 fully saturated rings. The van der Waals surface area contributed by atoms with Crippen LogP contribution in [-0.2, 0) is 4.79 Å². The maximum Gasteiger partial charge on any atom is 0.227 e. The van der Waals surface area contributed by atoms with Crippen molar-refractivity contribution in [2.45, 2.75) is 25.8 Å². The molecule has 2 atom stereocenters. The molecule has 3 heteroatoms. The number of carbonyl (C=O) groups excluding carboxylic acids is 1. The van der Waals surface area contributed by atoms with Gasteiger partial charge < -0.3 is 11.1 Å². The van der Waals surface area contributed by atoms with Gasteiger partial charge in [-0.05, 0) is 13.3 Å². The van der Waals surface area contributed by atoms with E-state index in [1.54, 1.807) is 6.92 Å². The average molecular weight is 192 g/mol. The van der Waals surface area contributed by atoms with Gasteiger partial charge in [0, 0.05) is 19.0 Å². The molecule has 2 unspecified atom stereocenters. The van der Waals surface area contributed by atoms with E-state index in [4.69, 9.17) is 5.73 Å². The second kappa shape index (κ2) is 5.46. The molecule has 3 N–H and O–H groups in total. The summed E-state index contributed by atoms with van der Waals surface area (Å²) in [6.07, 6.45) is 5.21. The largest absolute Gasteiger partial charge is 0.355 e. The highest BCUT2D eigenvalue weighted by Gasteiger charge is 2.21. The predicted molar refractivity (Wildman–Crippen MR) is 56.3 cm³/mol. The topological polar surface area (TPSA) is 55.1 Å². The van der Waals surface area contributed by atoms with Crippen LogP contribution in [0.25, 0.3) is 0 Å². The molecule has 1 rings (SSSR count). The molecule has 3 nitrogen and oxygen atoms in total.